The fraction of sp³-hybridized carbons (Fsp3) is 0.400. The average Bonchev–Trinajstić information content (AvgIpc) is 1.84. The number of aliphatic carboxylic acids is 1. The topological polar surface area (TPSA) is 57.5 Å². The van der Waals surface area contributed by atoms with Crippen LogP contribution in [0.1, 0.15) is 6.92 Å². The molecule has 0 rings (SSSR count). The van der Waals surface area contributed by atoms with Crippen molar-refractivity contribution >= 4 is 17.6 Å². The normalized spacial score (nSPS) is 12.8. The molecule has 3 nitrogen and oxygen atoms in total. The van der Waals surface area contributed by atoms with Gasteiger partial charge in [0.2, 0.25) is 0 Å². The van der Waals surface area contributed by atoms with E-state index in [2.05, 4.69) is 0 Å². The Kier molecular flexibility index (Phi) is 3.27. The first-order chi connectivity index (χ1) is 4.09. The Bertz CT molecular complexity index is 150. The highest BCUT2D eigenvalue weighted by molar-refractivity contribution is 6.31. The zero-order valence-electron chi connectivity index (χ0n) is 4.89. The molecule has 52 valence electrons. The molecule has 0 radical (unpaired) electrons. The van der Waals surface area contributed by atoms with E-state index in [9.17, 15) is 4.79 Å². The Morgan fingerprint density at radius 3 is 2.22 bits per heavy atom. The second-order valence-electron chi connectivity index (χ2n) is 1.49. The van der Waals surface area contributed by atoms with E-state index in [1.54, 1.807) is 0 Å². The standard InChI is InChI=1S/C5H7ClO3/c1-3(5(8)9)4(6)2-7/h7H,2H2,1H3,(H,8,9). The van der Waals surface area contributed by atoms with Crippen LogP contribution in [0.15, 0.2) is 10.6 Å². The third-order valence-corrected chi connectivity index (χ3v) is 1.27. The number of hydrogen-bond acceptors (Lipinski definition) is 2. The molecule has 0 saturated heterocycles. The third-order valence-electron chi connectivity index (χ3n) is 0.867. The number of aliphatic hydroxyl groups is 1. The SMILES string of the molecule is CC(C(=O)O)=C(Cl)CO. The van der Waals surface area contributed by atoms with Gasteiger partial charge in [-0.3, -0.25) is 0 Å². The van der Waals surface area contributed by atoms with Crippen LogP contribution >= 0.6 is 11.6 Å². The van der Waals surface area contributed by atoms with Gasteiger partial charge < -0.3 is 10.2 Å². The van der Waals surface area contributed by atoms with Crippen LogP contribution in [-0.2, 0) is 4.79 Å². The van der Waals surface area contributed by atoms with E-state index in [0.29, 0.717) is 0 Å². The molecule has 9 heavy (non-hydrogen) atoms. The number of halogens is 1. The highest BCUT2D eigenvalue weighted by Gasteiger charge is 2.04. The first-order valence-electron chi connectivity index (χ1n) is 2.29. The lowest BCUT2D eigenvalue weighted by Gasteiger charge is -1.94. The van der Waals surface area contributed by atoms with Gasteiger partial charge in [0.1, 0.15) is 0 Å². The largest absolute Gasteiger partial charge is 0.478 e. The lowest BCUT2D eigenvalue weighted by molar-refractivity contribution is -0.132. The minimum absolute atomic E-state index is 0.0147. The maximum absolute atomic E-state index is 10.0. The predicted molar refractivity (Wildman–Crippen MR) is 33.3 cm³/mol. The summed E-state index contributed by atoms with van der Waals surface area (Å²) in [5.74, 6) is -1.10. The Hall–Kier alpha value is -0.540. The Labute approximate surface area is 57.6 Å². The molecule has 0 spiro atoms. The van der Waals surface area contributed by atoms with E-state index in [-0.39, 0.29) is 10.6 Å². The number of carboxylic acid groups (broad SMARTS) is 1. The lowest BCUT2D eigenvalue weighted by Crippen LogP contribution is -2.00. The van der Waals surface area contributed by atoms with Crippen molar-refractivity contribution in [1.29, 1.82) is 0 Å². The van der Waals surface area contributed by atoms with Crippen molar-refractivity contribution in [1.82, 2.24) is 0 Å². The second kappa shape index (κ2) is 3.48. The minimum atomic E-state index is -1.10. The Morgan fingerprint density at radius 2 is 2.11 bits per heavy atom. The molecule has 0 aliphatic heterocycles. The van der Waals surface area contributed by atoms with Crippen molar-refractivity contribution in [2.24, 2.45) is 0 Å². The van der Waals surface area contributed by atoms with Crippen LogP contribution in [0.5, 0.6) is 0 Å². The molecule has 0 atom stereocenters. The summed E-state index contributed by atoms with van der Waals surface area (Å²) in [6.45, 7) is 0.917. The van der Waals surface area contributed by atoms with Gasteiger partial charge in [0.05, 0.1) is 17.2 Å². The van der Waals surface area contributed by atoms with Gasteiger partial charge in [0.25, 0.3) is 0 Å². The van der Waals surface area contributed by atoms with Gasteiger partial charge in [-0.05, 0) is 6.92 Å². The van der Waals surface area contributed by atoms with E-state index >= 15 is 0 Å². The van der Waals surface area contributed by atoms with Crippen LogP contribution in [0.25, 0.3) is 0 Å². The van der Waals surface area contributed by atoms with Gasteiger partial charge >= 0.3 is 5.97 Å². The molecule has 0 unspecified atom stereocenters. The molecular weight excluding hydrogens is 144 g/mol. The van der Waals surface area contributed by atoms with E-state index in [4.69, 9.17) is 21.8 Å². The summed E-state index contributed by atoms with van der Waals surface area (Å²) in [5.41, 5.74) is -0.0147. The summed E-state index contributed by atoms with van der Waals surface area (Å²) < 4.78 is 0. The molecule has 4 heteroatoms. The molecule has 0 bridgehead atoms. The van der Waals surface area contributed by atoms with Crippen LogP contribution < -0.4 is 0 Å². The number of hydrogen-bond donors (Lipinski definition) is 2. The molecule has 0 amide bonds. The highest BCUT2D eigenvalue weighted by Crippen LogP contribution is 2.06. The van der Waals surface area contributed by atoms with E-state index < -0.39 is 12.6 Å². The molecule has 0 aliphatic rings. The third kappa shape index (κ3) is 2.49. The van der Waals surface area contributed by atoms with Crippen molar-refractivity contribution in [3.05, 3.63) is 10.6 Å². The lowest BCUT2D eigenvalue weighted by atomic mass is 10.3. The summed E-state index contributed by atoms with van der Waals surface area (Å²) in [4.78, 5) is 10.0. The van der Waals surface area contributed by atoms with Crippen molar-refractivity contribution in [2.45, 2.75) is 6.92 Å². The number of carbonyl (C=O) groups is 1. The summed E-state index contributed by atoms with van der Waals surface area (Å²) >= 11 is 5.26. The maximum atomic E-state index is 10.0. The zero-order valence-corrected chi connectivity index (χ0v) is 5.64. The number of carboxylic acids is 1. The van der Waals surface area contributed by atoms with Gasteiger partial charge in [-0.2, -0.15) is 0 Å². The summed E-state index contributed by atoms with van der Waals surface area (Å²) in [5, 5.41) is 16.5. The highest BCUT2D eigenvalue weighted by atomic mass is 35.5. The van der Waals surface area contributed by atoms with Crippen molar-refractivity contribution in [2.75, 3.05) is 6.61 Å². The molecule has 0 saturated carbocycles. The van der Waals surface area contributed by atoms with Gasteiger partial charge in [-0.15, -0.1) is 0 Å². The molecule has 0 aliphatic carbocycles. The number of rotatable bonds is 2. The van der Waals surface area contributed by atoms with Crippen molar-refractivity contribution in [3.63, 3.8) is 0 Å². The smallest absolute Gasteiger partial charge is 0.332 e. The van der Waals surface area contributed by atoms with E-state index in [1.165, 1.54) is 6.92 Å². The van der Waals surface area contributed by atoms with Gasteiger partial charge in [0, 0.05) is 0 Å². The fourth-order valence-electron chi connectivity index (χ4n) is 0.235. The van der Waals surface area contributed by atoms with Crippen LogP contribution in [0, 0.1) is 0 Å². The van der Waals surface area contributed by atoms with Gasteiger partial charge in [-0.25, -0.2) is 4.79 Å². The van der Waals surface area contributed by atoms with Crippen LogP contribution in [0.2, 0.25) is 0 Å². The molecule has 0 aromatic rings. The fourth-order valence-corrected chi connectivity index (χ4v) is 0.315. The molecule has 0 aromatic heterocycles. The van der Waals surface area contributed by atoms with Crippen LogP contribution in [0.3, 0.4) is 0 Å². The Morgan fingerprint density at radius 1 is 1.67 bits per heavy atom. The summed E-state index contributed by atoms with van der Waals surface area (Å²) in [7, 11) is 0. The first-order valence-corrected chi connectivity index (χ1v) is 2.66. The molecular formula is C5H7ClO3. The molecule has 2 N–H and O–H groups in total. The van der Waals surface area contributed by atoms with Crippen molar-refractivity contribution in [3.8, 4) is 0 Å². The van der Waals surface area contributed by atoms with E-state index in [0.717, 1.165) is 0 Å². The minimum Gasteiger partial charge on any atom is -0.478 e. The predicted octanol–water partition coefficient (Wildman–Crippen LogP) is 0.576. The average molecular weight is 151 g/mol. The summed E-state index contributed by atoms with van der Waals surface area (Å²) in [6, 6.07) is 0. The number of aliphatic hydroxyl groups excluding tert-OH is 1. The molecule has 0 heterocycles. The monoisotopic (exact) mass is 150 g/mol. The Balaban J connectivity index is 4.28. The quantitative estimate of drug-likeness (QED) is 0.566. The first kappa shape index (κ1) is 8.46. The van der Waals surface area contributed by atoms with Gasteiger partial charge in [-0.1, -0.05) is 11.6 Å². The molecule has 0 fully saturated rings. The zero-order chi connectivity index (χ0) is 7.44. The molecule has 0 aromatic carbocycles. The van der Waals surface area contributed by atoms with Crippen molar-refractivity contribution < 1.29 is 15.0 Å². The maximum Gasteiger partial charge on any atom is 0.332 e. The summed E-state index contributed by atoms with van der Waals surface area (Å²) in [6.07, 6.45) is 0. The van der Waals surface area contributed by atoms with Gasteiger partial charge in [0.15, 0.2) is 0 Å². The van der Waals surface area contributed by atoms with Crippen LogP contribution in [0.4, 0.5) is 0 Å². The van der Waals surface area contributed by atoms with E-state index in [1.807, 2.05) is 0 Å². The van der Waals surface area contributed by atoms with Crippen LogP contribution in [-0.4, -0.2) is 22.8 Å². The second-order valence-corrected chi connectivity index (χ2v) is 1.95.